The highest BCUT2D eigenvalue weighted by Gasteiger charge is 2.41. The number of aliphatic hydroxyl groups is 2. The van der Waals surface area contributed by atoms with E-state index >= 15 is 0 Å². The minimum Gasteiger partial charge on any atom is -0.390 e. The van der Waals surface area contributed by atoms with E-state index in [9.17, 15) is 15.0 Å². The summed E-state index contributed by atoms with van der Waals surface area (Å²) in [6.07, 6.45) is -1.86. The number of hydrogen-bond donors (Lipinski definition) is 3. The Labute approximate surface area is 140 Å². The van der Waals surface area contributed by atoms with Crippen LogP contribution in [0.3, 0.4) is 0 Å². The van der Waals surface area contributed by atoms with Gasteiger partial charge in [0, 0.05) is 36.1 Å². The Morgan fingerprint density at radius 1 is 1.23 bits per heavy atom. The van der Waals surface area contributed by atoms with Crippen LogP contribution in [0.2, 0.25) is 0 Å². The number of hydrogen-bond acceptors (Lipinski definition) is 7. The van der Waals surface area contributed by atoms with Gasteiger partial charge in [0.2, 0.25) is 0 Å². The van der Waals surface area contributed by atoms with Crippen LogP contribution in [-0.2, 0) is 9.53 Å². The lowest BCUT2D eigenvalue weighted by Gasteiger charge is -2.41. The molecule has 7 heteroatoms. The van der Waals surface area contributed by atoms with E-state index in [-0.39, 0.29) is 17.8 Å². The van der Waals surface area contributed by atoms with Crippen LogP contribution in [0.5, 0.6) is 0 Å². The van der Waals surface area contributed by atoms with Crippen molar-refractivity contribution in [3.8, 4) is 0 Å². The molecular weight excluding hydrogens is 322 g/mol. The van der Waals surface area contributed by atoms with Crippen molar-refractivity contribution in [3.05, 3.63) is 12.3 Å². The predicted molar refractivity (Wildman–Crippen MR) is 92.9 cm³/mol. The molecule has 1 aliphatic rings. The lowest BCUT2D eigenvalue weighted by molar-refractivity contribution is -0.179. The maximum atomic E-state index is 10.8. The molecule has 5 nitrogen and oxygen atoms in total. The summed E-state index contributed by atoms with van der Waals surface area (Å²) in [4.78, 5) is 10.8. The highest BCUT2D eigenvalue weighted by molar-refractivity contribution is 8.76. The molecule has 1 aliphatic heterocycles. The fourth-order valence-corrected chi connectivity index (χ4v) is 4.15. The van der Waals surface area contributed by atoms with Crippen LogP contribution in [0.25, 0.3) is 0 Å². The van der Waals surface area contributed by atoms with Gasteiger partial charge in [0.15, 0.2) is 0 Å². The zero-order valence-corrected chi connectivity index (χ0v) is 15.1. The maximum Gasteiger partial charge on any atom is 0.130 e. The van der Waals surface area contributed by atoms with Gasteiger partial charge in [0.1, 0.15) is 18.0 Å². The van der Waals surface area contributed by atoms with E-state index in [1.54, 1.807) is 28.5 Å². The summed E-state index contributed by atoms with van der Waals surface area (Å²) in [5.41, 5.74) is 0.597. The van der Waals surface area contributed by atoms with Crippen molar-refractivity contribution in [1.29, 1.82) is 0 Å². The van der Waals surface area contributed by atoms with E-state index in [2.05, 4.69) is 11.9 Å². The Morgan fingerprint density at radius 2 is 1.86 bits per heavy atom. The molecule has 1 saturated heterocycles. The summed E-state index contributed by atoms with van der Waals surface area (Å²) in [5, 5.41) is 23.3. The molecule has 1 heterocycles. The lowest BCUT2D eigenvalue weighted by Crippen LogP contribution is -2.54. The van der Waals surface area contributed by atoms with E-state index in [0.29, 0.717) is 18.7 Å². The van der Waals surface area contributed by atoms with Gasteiger partial charge in [-0.05, 0) is 13.8 Å². The second kappa shape index (κ2) is 9.82. The summed E-state index contributed by atoms with van der Waals surface area (Å²) in [6, 6.07) is 0. The van der Waals surface area contributed by atoms with Crippen LogP contribution >= 0.6 is 21.6 Å². The van der Waals surface area contributed by atoms with Crippen LogP contribution in [0.4, 0.5) is 0 Å². The Hall–Kier alpha value is -0.210. The SMILES string of the molecule is C=C(NCCSSCCC(C)=O)[C@H]1O[C@@H](C)[C@H](C)[C@@H](O)[C@@H]1O. The third-order valence-electron chi connectivity index (χ3n) is 3.80. The van der Waals surface area contributed by atoms with Gasteiger partial charge >= 0.3 is 0 Å². The largest absolute Gasteiger partial charge is 0.390 e. The van der Waals surface area contributed by atoms with Crippen LogP contribution in [0.15, 0.2) is 12.3 Å². The average Bonchev–Trinajstić information content (AvgIpc) is 2.47. The topological polar surface area (TPSA) is 78.8 Å². The van der Waals surface area contributed by atoms with Gasteiger partial charge in [0.05, 0.1) is 12.2 Å². The maximum absolute atomic E-state index is 10.8. The molecule has 0 unspecified atom stereocenters. The molecule has 0 aromatic rings. The first-order chi connectivity index (χ1) is 10.3. The van der Waals surface area contributed by atoms with Gasteiger partial charge < -0.3 is 20.3 Å². The normalized spacial score (nSPS) is 31.8. The molecule has 0 radical (unpaired) electrons. The molecule has 0 amide bonds. The summed E-state index contributed by atoms with van der Waals surface area (Å²) in [5.74, 6) is 1.79. The first-order valence-corrected chi connectivity index (χ1v) is 10.0. The molecule has 0 saturated carbocycles. The van der Waals surface area contributed by atoms with Crippen molar-refractivity contribution in [2.75, 3.05) is 18.1 Å². The second-order valence-electron chi connectivity index (χ2n) is 5.65. The Balaban J connectivity index is 2.23. The quantitative estimate of drug-likeness (QED) is 0.431. The second-order valence-corrected chi connectivity index (χ2v) is 8.35. The van der Waals surface area contributed by atoms with Gasteiger partial charge in [-0.1, -0.05) is 35.1 Å². The number of carbonyl (C=O) groups is 1. The average molecular weight is 350 g/mol. The van der Waals surface area contributed by atoms with Crippen molar-refractivity contribution in [2.45, 2.75) is 51.6 Å². The molecule has 1 rings (SSSR count). The number of rotatable bonds is 9. The number of carbonyl (C=O) groups excluding carboxylic acids is 1. The minimum absolute atomic E-state index is 0.104. The number of ether oxygens (including phenoxy) is 1. The summed E-state index contributed by atoms with van der Waals surface area (Å²) >= 11 is 0. The van der Waals surface area contributed by atoms with E-state index < -0.39 is 18.3 Å². The molecular formula is C15H27NO4S2. The summed E-state index contributed by atoms with van der Waals surface area (Å²) < 4.78 is 5.74. The van der Waals surface area contributed by atoms with E-state index in [1.807, 2.05) is 13.8 Å². The van der Waals surface area contributed by atoms with Gasteiger partial charge in [-0.25, -0.2) is 0 Å². The molecule has 1 fully saturated rings. The molecule has 0 aromatic carbocycles. The van der Waals surface area contributed by atoms with Gasteiger partial charge in [-0.15, -0.1) is 0 Å². The van der Waals surface area contributed by atoms with Crippen molar-refractivity contribution in [1.82, 2.24) is 5.32 Å². The molecule has 3 N–H and O–H groups in total. The van der Waals surface area contributed by atoms with Crippen LogP contribution in [0, 0.1) is 5.92 Å². The highest BCUT2D eigenvalue weighted by Crippen LogP contribution is 2.28. The molecule has 0 aromatic heterocycles. The lowest BCUT2D eigenvalue weighted by atomic mass is 9.88. The fraction of sp³-hybridized carbons (Fsp3) is 0.800. The van der Waals surface area contributed by atoms with Gasteiger partial charge in [-0.2, -0.15) is 0 Å². The van der Waals surface area contributed by atoms with Crippen LogP contribution in [0.1, 0.15) is 27.2 Å². The first-order valence-electron chi connectivity index (χ1n) is 7.52. The van der Waals surface area contributed by atoms with Crippen molar-refractivity contribution in [3.63, 3.8) is 0 Å². The molecule has 0 aliphatic carbocycles. The fourth-order valence-electron chi connectivity index (χ4n) is 2.15. The molecule has 0 spiro atoms. The number of Topliss-reactive ketones (excluding diaryl/α,β-unsaturated/α-hetero) is 1. The first kappa shape index (κ1) is 19.8. The van der Waals surface area contributed by atoms with Crippen molar-refractivity contribution >= 4 is 27.4 Å². The minimum atomic E-state index is -0.955. The third-order valence-corrected chi connectivity index (χ3v) is 6.21. The van der Waals surface area contributed by atoms with Gasteiger partial charge in [0.25, 0.3) is 0 Å². The summed E-state index contributed by atoms with van der Waals surface area (Å²) in [7, 11) is 3.37. The monoisotopic (exact) mass is 349 g/mol. The number of aliphatic hydroxyl groups excluding tert-OH is 2. The third kappa shape index (κ3) is 6.12. The van der Waals surface area contributed by atoms with E-state index in [0.717, 1.165) is 11.5 Å². The number of ketones is 1. The Kier molecular flexibility index (Phi) is 8.86. The van der Waals surface area contributed by atoms with Crippen molar-refractivity contribution in [2.24, 2.45) is 5.92 Å². The number of nitrogens with one attached hydrogen (secondary N) is 1. The smallest absolute Gasteiger partial charge is 0.130 e. The zero-order valence-electron chi connectivity index (χ0n) is 13.4. The van der Waals surface area contributed by atoms with E-state index in [4.69, 9.17) is 4.74 Å². The van der Waals surface area contributed by atoms with Crippen LogP contribution < -0.4 is 5.32 Å². The van der Waals surface area contributed by atoms with Crippen LogP contribution in [-0.4, -0.2) is 58.5 Å². The molecule has 128 valence electrons. The molecule has 5 atom stereocenters. The zero-order chi connectivity index (χ0) is 16.7. The highest BCUT2D eigenvalue weighted by atomic mass is 33.1. The Bertz CT molecular complexity index is 381. The standard InChI is InChI=1S/C15H27NO4S2/c1-9(17)5-7-21-22-8-6-16-11(3)15-14(19)13(18)10(2)12(4)20-15/h10,12-16,18-19H,3,5-8H2,1-2,4H3/t10-,12-,13+,14-,15+/m0/s1. The van der Waals surface area contributed by atoms with Gasteiger partial charge in [-0.3, -0.25) is 4.79 Å². The van der Waals surface area contributed by atoms with E-state index in [1.165, 1.54) is 0 Å². The molecule has 22 heavy (non-hydrogen) atoms. The Morgan fingerprint density at radius 3 is 2.50 bits per heavy atom. The van der Waals surface area contributed by atoms with Crippen molar-refractivity contribution < 1.29 is 19.7 Å². The summed E-state index contributed by atoms with van der Waals surface area (Å²) in [6.45, 7) is 9.96. The molecule has 0 bridgehead atoms. The predicted octanol–water partition coefficient (Wildman–Crippen LogP) is 1.60.